The van der Waals surface area contributed by atoms with Crippen LogP contribution in [-0.2, 0) is 11.2 Å². The second-order valence-electron chi connectivity index (χ2n) is 2.95. The summed E-state index contributed by atoms with van der Waals surface area (Å²) in [4.78, 5) is 25.9. The van der Waals surface area contributed by atoms with E-state index in [9.17, 15) is 9.59 Å². The quantitative estimate of drug-likeness (QED) is 0.604. The van der Waals surface area contributed by atoms with E-state index < -0.39 is 11.8 Å². The first-order valence-corrected chi connectivity index (χ1v) is 4.30. The minimum Gasteiger partial charge on any atom is -0.372 e. The van der Waals surface area contributed by atoms with E-state index in [2.05, 4.69) is 10.3 Å². The van der Waals surface area contributed by atoms with Crippen LogP contribution < -0.4 is 16.8 Å². The predicted molar refractivity (Wildman–Crippen MR) is 55.2 cm³/mol. The van der Waals surface area contributed by atoms with E-state index in [0.717, 1.165) is 0 Å². The van der Waals surface area contributed by atoms with Crippen LogP contribution in [0.4, 0.5) is 5.82 Å². The Labute approximate surface area is 86.7 Å². The lowest BCUT2D eigenvalue weighted by Crippen LogP contribution is -2.21. The van der Waals surface area contributed by atoms with Gasteiger partial charge in [0, 0.05) is 13.2 Å². The van der Waals surface area contributed by atoms with Crippen LogP contribution in [0.15, 0.2) is 12.3 Å². The van der Waals surface area contributed by atoms with Crippen molar-refractivity contribution >= 4 is 17.6 Å². The fraction of sp³-hybridized carbons (Fsp3) is 0.222. The van der Waals surface area contributed by atoms with Gasteiger partial charge in [-0.05, 0) is 11.6 Å². The number of aromatic nitrogens is 1. The lowest BCUT2D eigenvalue weighted by atomic mass is 10.1. The van der Waals surface area contributed by atoms with Crippen LogP contribution in [0.1, 0.15) is 15.9 Å². The molecule has 1 heterocycles. The second-order valence-corrected chi connectivity index (χ2v) is 2.95. The molecule has 0 unspecified atom stereocenters. The zero-order valence-electron chi connectivity index (χ0n) is 8.28. The van der Waals surface area contributed by atoms with Gasteiger partial charge in [-0.3, -0.25) is 9.59 Å². The number of carbonyl (C=O) groups is 2. The van der Waals surface area contributed by atoms with Gasteiger partial charge in [-0.2, -0.15) is 0 Å². The zero-order chi connectivity index (χ0) is 11.4. The summed E-state index contributed by atoms with van der Waals surface area (Å²) in [5, 5.41) is 2.73. The highest BCUT2D eigenvalue weighted by atomic mass is 16.1. The summed E-state index contributed by atoms with van der Waals surface area (Å²) < 4.78 is 0. The van der Waals surface area contributed by atoms with Crippen molar-refractivity contribution in [3.63, 3.8) is 0 Å². The average molecular weight is 208 g/mol. The number of hydrogen-bond donors (Lipinski definition) is 3. The summed E-state index contributed by atoms with van der Waals surface area (Å²) >= 11 is 0. The molecule has 0 spiro atoms. The molecule has 0 radical (unpaired) electrons. The van der Waals surface area contributed by atoms with Gasteiger partial charge in [0.25, 0.3) is 5.91 Å². The van der Waals surface area contributed by atoms with E-state index in [1.54, 1.807) is 13.1 Å². The van der Waals surface area contributed by atoms with Crippen LogP contribution in [0.2, 0.25) is 0 Å². The van der Waals surface area contributed by atoms with Crippen LogP contribution in [0.25, 0.3) is 0 Å². The Morgan fingerprint density at radius 1 is 1.47 bits per heavy atom. The van der Waals surface area contributed by atoms with Crippen molar-refractivity contribution in [2.24, 2.45) is 11.5 Å². The van der Waals surface area contributed by atoms with E-state index in [1.807, 2.05) is 0 Å². The van der Waals surface area contributed by atoms with E-state index in [1.165, 1.54) is 6.20 Å². The van der Waals surface area contributed by atoms with Gasteiger partial charge in [-0.25, -0.2) is 4.98 Å². The average Bonchev–Trinajstić information content (AvgIpc) is 2.15. The van der Waals surface area contributed by atoms with Crippen molar-refractivity contribution in [1.82, 2.24) is 4.98 Å². The van der Waals surface area contributed by atoms with Crippen molar-refractivity contribution in [3.05, 3.63) is 23.4 Å². The fourth-order valence-electron chi connectivity index (χ4n) is 1.30. The standard InChI is InChI=1S/C9H12N4O2/c1-12-9-7(8(11)15)5(2-3-13-9)4-6(10)14/h2-3H,4H2,1H3,(H2,10,14)(H2,11,15)(H,12,13). The van der Waals surface area contributed by atoms with Crippen LogP contribution >= 0.6 is 0 Å². The fourth-order valence-corrected chi connectivity index (χ4v) is 1.30. The maximum atomic E-state index is 11.2. The third-order valence-corrected chi connectivity index (χ3v) is 1.89. The summed E-state index contributed by atoms with van der Waals surface area (Å²) in [6.45, 7) is 0. The van der Waals surface area contributed by atoms with Crippen molar-refractivity contribution in [2.75, 3.05) is 12.4 Å². The Balaban J connectivity index is 3.25. The third-order valence-electron chi connectivity index (χ3n) is 1.89. The minimum atomic E-state index is -0.635. The molecule has 2 amide bonds. The summed E-state index contributed by atoms with van der Waals surface area (Å²) in [5.41, 5.74) is 10.9. The van der Waals surface area contributed by atoms with Gasteiger partial charge in [0.05, 0.1) is 12.0 Å². The molecule has 1 aromatic heterocycles. The van der Waals surface area contributed by atoms with Gasteiger partial charge >= 0.3 is 0 Å². The third kappa shape index (κ3) is 2.43. The first kappa shape index (κ1) is 11.0. The van der Waals surface area contributed by atoms with Gasteiger partial charge in [-0.15, -0.1) is 0 Å². The number of amides is 2. The molecule has 15 heavy (non-hydrogen) atoms. The number of carbonyl (C=O) groups excluding carboxylic acids is 2. The monoisotopic (exact) mass is 208 g/mol. The molecule has 0 fully saturated rings. The van der Waals surface area contributed by atoms with Crippen LogP contribution in [0.5, 0.6) is 0 Å². The molecule has 0 saturated heterocycles. The zero-order valence-corrected chi connectivity index (χ0v) is 8.28. The van der Waals surface area contributed by atoms with Crippen molar-refractivity contribution in [1.29, 1.82) is 0 Å². The number of primary amides is 2. The van der Waals surface area contributed by atoms with E-state index in [4.69, 9.17) is 11.5 Å². The van der Waals surface area contributed by atoms with Crippen molar-refractivity contribution in [2.45, 2.75) is 6.42 Å². The number of nitrogens with two attached hydrogens (primary N) is 2. The molecular weight excluding hydrogens is 196 g/mol. The second kappa shape index (κ2) is 4.41. The van der Waals surface area contributed by atoms with Crippen molar-refractivity contribution < 1.29 is 9.59 Å². The SMILES string of the molecule is CNc1nccc(CC(N)=O)c1C(N)=O. The van der Waals surface area contributed by atoms with Crippen LogP contribution in [0, 0.1) is 0 Å². The smallest absolute Gasteiger partial charge is 0.252 e. The Morgan fingerprint density at radius 2 is 2.13 bits per heavy atom. The number of anilines is 1. The molecule has 0 aliphatic rings. The molecule has 1 aromatic rings. The summed E-state index contributed by atoms with van der Waals surface area (Å²) in [7, 11) is 1.61. The largest absolute Gasteiger partial charge is 0.372 e. The van der Waals surface area contributed by atoms with Gasteiger partial charge in [0.15, 0.2) is 0 Å². The number of hydrogen-bond acceptors (Lipinski definition) is 4. The topological polar surface area (TPSA) is 111 Å². The Bertz CT molecular complexity index is 403. The van der Waals surface area contributed by atoms with Crippen molar-refractivity contribution in [3.8, 4) is 0 Å². The minimum absolute atomic E-state index is 0.0323. The normalized spacial score (nSPS) is 9.67. The summed E-state index contributed by atoms with van der Waals surface area (Å²) in [5.74, 6) is -0.810. The lowest BCUT2D eigenvalue weighted by Gasteiger charge is -2.09. The number of pyridine rings is 1. The molecule has 6 heteroatoms. The number of nitrogens with one attached hydrogen (secondary N) is 1. The highest BCUT2D eigenvalue weighted by Gasteiger charge is 2.15. The molecule has 0 aromatic carbocycles. The van der Waals surface area contributed by atoms with Gasteiger partial charge in [0.1, 0.15) is 5.82 Å². The lowest BCUT2D eigenvalue weighted by molar-refractivity contribution is -0.117. The Morgan fingerprint density at radius 3 is 2.60 bits per heavy atom. The summed E-state index contributed by atoms with van der Waals surface area (Å²) in [6, 6.07) is 1.55. The van der Waals surface area contributed by atoms with E-state index in [-0.39, 0.29) is 12.0 Å². The molecule has 6 nitrogen and oxygen atoms in total. The van der Waals surface area contributed by atoms with Crippen LogP contribution in [-0.4, -0.2) is 23.8 Å². The number of nitrogens with zero attached hydrogens (tertiary/aromatic N) is 1. The molecule has 0 aliphatic heterocycles. The van der Waals surface area contributed by atoms with E-state index in [0.29, 0.717) is 11.4 Å². The Kier molecular flexibility index (Phi) is 3.22. The highest BCUT2D eigenvalue weighted by Crippen LogP contribution is 2.16. The molecule has 0 bridgehead atoms. The maximum Gasteiger partial charge on any atom is 0.252 e. The molecule has 0 aliphatic carbocycles. The summed E-state index contributed by atoms with van der Waals surface area (Å²) in [6.07, 6.45) is 1.45. The molecular formula is C9H12N4O2. The van der Waals surface area contributed by atoms with Crippen LogP contribution in [0.3, 0.4) is 0 Å². The molecule has 5 N–H and O–H groups in total. The molecule has 80 valence electrons. The highest BCUT2D eigenvalue weighted by molar-refractivity contribution is 6.00. The molecule has 0 atom stereocenters. The predicted octanol–water partition coefficient (Wildman–Crippen LogP) is -0.750. The number of rotatable bonds is 4. The van der Waals surface area contributed by atoms with Gasteiger partial charge in [0.2, 0.25) is 5.91 Å². The van der Waals surface area contributed by atoms with E-state index >= 15 is 0 Å². The molecule has 1 rings (SSSR count). The van der Waals surface area contributed by atoms with Gasteiger partial charge < -0.3 is 16.8 Å². The Hall–Kier alpha value is -2.11. The maximum absolute atomic E-state index is 11.2. The molecule has 0 saturated carbocycles. The first-order valence-electron chi connectivity index (χ1n) is 4.30. The van der Waals surface area contributed by atoms with Gasteiger partial charge in [-0.1, -0.05) is 0 Å². The first-order chi connectivity index (χ1) is 7.06.